The molecule has 5 rings (SSSR count). The lowest BCUT2D eigenvalue weighted by Gasteiger charge is -2.40. The Morgan fingerprint density at radius 2 is 1.97 bits per heavy atom. The second-order valence-electron chi connectivity index (χ2n) is 11.0. The SMILES string of the molecule is Cc1c(-c2[nH]c3sc(N4CCN(C(=O)OC(C)(C)C)C[C@H]4C)nc3c2C(C)C)cn2ncnc2c1C. The number of amides is 1. The third-order valence-corrected chi connectivity index (χ3v) is 7.88. The standard InChI is InChI=1S/C26H35N7O2S/c1-14(2)19-20(18-12-33-22(27-13-28-33)17(5)16(18)4)29-23-21(19)30-24(36-23)32-10-9-31(11-15(32)3)25(34)35-26(6,7)8/h12-15,29H,9-11H2,1-8H3/t15-/m1/s1. The van der Waals surface area contributed by atoms with Gasteiger partial charge >= 0.3 is 6.09 Å². The van der Waals surface area contributed by atoms with Crippen LogP contribution in [-0.2, 0) is 4.74 Å². The van der Waals surface area contributed by atoms with Crippen molar-refractivity contribution in [3.05, 3.63) is 29.2 Å². The van der Waals surface area contributed by atoms with Gasteiger partial charge in [-0.05, 0) is 58.6 Å². The average Bonchev–Trinajstić information content (AvgIpc) is 3.48. The molecule has 9 nitrogen and oxygen atoms in total. The van der Waals surface area contributed by atoms with Crippen LogP contribution in [0, 0.1) is 13.8 Å². The number of aromatic amines is 1. The molecule has 10 heteroatoms. The maximum atomic E-state index is 12.6. The van der Waals surface area contributed by atoms with Gasteiger partial charge in [0.1, 0.15) is 22.3 Å². The number of piperazine rings is 1. The molecule has 36 heavy (non-hydrogen) atoms. The van der Waals surface area contributed by atoms with E-state index in [1.54, 1.807) is 22.6 Å². The normalized spacial score (nSPS) is 17.1. The van der Waals surface area contributed by atoms with Crippen molar-refractivity contribution in [2.24, 2.45) is 0 Å². The summed E-state index contributed by atoms with van der Waals surface area (Å²) in [5, 5.41) is 5.37. The van der Waals surface area contributed by atoms with Gasteiger partial charge in [0.15, 0.2) is 10.8 Å². The maximum Gasteiger partial charge on any atom is 0.410 e. The predicted octanol–water partition coefficient (Wildman–Crippen LogP) is 5.52. The molecule has 0 aromatic carbocycles. The molecule has 1 saturated heterocycles. The molecule has 1 amide bonds. The van der Waals surface area contributed by atoms with Crippen LogP contribution in [0.3, 0.4) is 0 Å². The Morgan fingerprint density at radius 3 is 2.64 bits per heavy atom. The molecule has 0 unspecified atom stereocenters. The number of nitrogens with one attached hydrogen (secondary N) is 1. The number of hydrogen-bond acceptors (Lipinski definition) is 7. The van der Waals surface area contributed by atoms with Crippen molar-refractivity contribution in [3.8, 4) is 11.3 Å². The highest BCUT2D eigenvalue weighted by atomic mass is 32.1. The Labute approximate surface area is 215 Å². The van der Waals surface area contributed by atoms with E-state index in [9.17, 15) is 4.79 Å². The third-order valence-electron chi connectivity index (χ3n) is 6.88. The highest BCUT2D eigenvalue weighted by molar-refractivity contribution is 7.21. The van der Waals surface area contributed by atoms with Crippen LogP contribution in [0.1, 0.15) is 64.2 Å². The summed E-state index contributed by atoms with van der Waals surface area (Å²) in [4.78, 5) is 31.0. The highest BCUT2D eigenvalue weighted by Crippen LogP contribution is 2.41. The van der Waals surface area contributed by atoms with Gasteiger partial charge in [-0.2, -0.15) is 5.10 Å². The fourth-order valence-electron chi connectivity index (χ4n) is 4.96. The summed E-state index contributed by atoms with van der Waals surface area (Å²) in [5.41, 5.74) is 7.18. The van der Waals surface area contributed by atoms with Crippen LogP contribution >= 0.6 is 11.3 Å². The van der Waals surface area contributed by atoms with Crippen LogP contribution in [0.5, 0.6) is 0 Å². The Hall–Kier alpha value is -3.14. The molecule has 0 radical (unpaired) electrons. The molecule has 1 atom stereocenters. The topological polar surface area (TPSA) is 91.7 Å². The molecule has 5 heterocycles. The zero-order valence-electron chi connectivity index (χ0n) is 22.3. The minimum absolute atomic E-state index is 0.142. The van der Waals surface area contributed by atoms with Gasteiger partial charge in [0.2, 0.25) is 0 Å². The molecule has 0 aliphatic carbocycles. The number of anilines is 1. The summed E-state index contributed by atoms with van der Waals surface area (Å²) in [6, 6.07) is 0.142. The fourth-order valence-corrected chi connectivity index (χ4v) is 6.07. The molecule has 1 fully saturated rings. The number of pyridine rings is 1. The first-order valence-electron chi connectivity index (χ1n) is 12.5. The van der Waals surface area contributed by atoms with E-state index in [1.165, 1.54) is 11.1 Å². The van der Waals surface area contributed by atoms with E-state index in [0.717, 1.165) is 44.5 Å². The number of carbonyl (C=O) groups is 1. The van der Waals surface area contributed by atoms with Gasteiger partial charge in [-0.25, -0.2) is 19.3 Å². The number of H-pyrrole nitrogens is 1. The molecule has 0 saturated carbocycles. The summed E-state index contributed by atoms with van der Waals surface area (Å²) < 4.78 is 7.43. The van der Waals surface area contributed by atoms with Gasteiger partial charge < -0.3 is 19.5 Å². The van der Waals surface area contributed by atoms with Crippen LogP contribution in [0.15, 0.2) is 12.5 Å². The average molecular weight is 510 g/mol. The van der Waals surface area contributed by atoms with Crippen LogP contribution in [0.2, 0.25) is 0 Å². The monoisotopic (exact) mass is 509 g/mol. The van der Waals surface area contributed by atoms with E-state index in [4.69, 9.17) is 9.72 Å². The smallest absolute Gasteiger partial charge is 0.410 e. The van der Waals surface area contributed by atoms with Crippen molar-refractivity contribution in [1.29, 1.82) is 0 Å². The van der Waals surface area contributed by atoms with Crippen LogP contribution in [0.25, 0.3) is 27.3 Å². The number of aromatic nitrogens is 5. The van der Waals surface area contributed by atoms with Crippen molar-refractivity contribution in [2.45, 2.75) is 73.0 Å². The largest absolute Gasteiger partial charge is 0.444 e. The number of fused-ring (bicyclic) bond motifs is 2. The molecule has 4 aromatic rings. The van der Waals surface area contributed by atoms with Crippen molar-refractivity contribution in [3.63, 3.8) is 0 Å². The van der Waals surface area contributed by atoms with Gasteiger partial charge in [-0.3, -0.25) is 0 Å². The van der Waals surface area contributed by atoms with E-state index in [0.29, 0.717) is 13.1 Å². The maximum absolute atomic E-state index is 12.6. The van der Waals surface area contributed by atoms with Crippen molar-refractivity contribution in [1.82, 2.24) is 29.5 Å². The number of rotatable bonds is 3. The number of carbonyl (C=O) groups excluding carboxylic acids is 1. The summed E-state index contributed by atoms with van der Waals surface area (Å²) in [6.45, 7) is 18.4. The van der Waals surface area contributed by atoms with Crippen LogP contribution in [-0.4, -0.2) is 66.8 Å². The van der Waals surface area contributed by atoms with Gasteiger partial charge in [-0.15, -0.1) is 0 Å². The predicted molar refractivity (Wildman–Crippen MR) is 144 cm³/mol. The van der Waals surface area contributed by atoms with Gasteiger partial charge in [0.05, 0.1) is 5.69 Å². The first-order valence-corrected chi connectivity index (χ1v) is 13.3. The minimum atomic E-state index is -0.494. The molecular formula is C26H35N7O2S. The number of aryl methyl sites for hydroxylation is 1. The summed E-state index contributed by atoms with van der Waals surface area (Å²) in [6.07, 6.45) is 3.41. The molecule has 1 aliphatic heterocycles. The van der Waals surface area contributed by atoms with E-state index >= 15 is 0 Å². The van der Waals surface area contributed by atoms with E-state index < -0.39 is 5.60 Å². The van der Waals surface area contributed by atoms with Gasteiger partial charge in [0.25, 0.3) is 0 Å². The number of hydrogen-bond donors (Lipinski definition) is 1. The van der Waals surface area contributed by atoms with E-state index in [1.807, 2.05) is 25.3 Å². The zero-order chi connectivity index (χ0) is 25.9. The Kier molecular flexibility index (Phi) is 5.97. The third kappa shape index (κ3) is 4.21. The molecule has 0 spiro atoms. The molecule has 0 bridgehead atoms. The lowest BCUT2D eigenvalue weighted by Crippen LogP contribution is -2.54. The van der Waals surface area contributed by atoms with Crippen molar-refractivity contribution < 1.29 is 9.53 Å². The highest BCUT2D eigenvalue weighted by Gasteiger charge is 2.32. The van der Waals surface area contributed by atoms with Gasteiger partial charge in [-0.1, -0.05) is 25.2 Å². The van der Waals surface area contributed by atoms with E-state index in [2.05, 4.69) is 60.8 Å². The van der Waals surface area contributed by atoms with Crippen LogP contribution < -0.4 is 4.90 Å². The molecule has 1 N–H and O–H groups in total. The summed E-state index contributed by atoms with van der Waals surface area (Å²) in [7, 11) is 0. The first-order chi connectivity index (χ1) is 16.9. The Balaban J connectivity index is 1.47. The molecule has 1 aliphatic rings. The Morgan fingerprint density at radius 1 is 1.22 bits per heavy atom. The number of ether oxygens (including phenoxy) is 1. The Bertz CT molecular complexity index is 1440. The molecule has 4 aromatic heterocycles. The molecule has 192 valence electrons. The summed E-state index contributed by atoms with van der Waals surface area (Å²) >= 11 is 1.68. The number of thiazole rings is 1. The van der Waals surface area contributed by atoms with E-state index in [-0.39, 0.29) is 18.1 Å². The van der Waals surface area contributed by atoms with Gasteiger partial charge in [0, 0.05) is 43.0 Å². The first kappa shape index (κ1) is 24.5. The fraction of sp³-hybridized carbons (Fsp3) is 0.538. The van der Waals surface area contributed by atoms with Crippen molar-refractivity contribution in [2.75, 3.05) is 24.5 Å². The quantitative estimate of drug-likeness (QED) is 0.391. The second-order valence-corrected chi connectivity index (χ2v) is 12.0. The van der Waals surface area contributed by atoms with Crippen LogP contribution in [0.4, 0.5) is 9.93 Å². The lowest BCUT2D eigenvalue weighted by atomic mass is 9.96. The molecular weight excluding hydrogens is 474 g/mol. The second kappa shape index (κ2) is 8.76. The number of nitrogens with zero attached hydrogens (tertiary/aromatic N) is 6. The lowest BCUT2D eigenvalue weighted by molar-refractivity contribution is 0.0219. The minimum Gasteiger partial charge on any atom is -0.444 e. The summed E-state index contributed by atoms with van der Waals surface area (Å²) in [5.74, 6) is 0.288. The van der Waals surface area contributed by atoms with Crippen molar-refractivity contribution >= 4 is 38.6 Å². The zero-order valence-corrected chi connectivity index (χ0v) is 23.2.